The predicted octanol–water partition coefficient (Wildman–Crippen LogP) is 3.20. The zero-order valence-corrected chi connectivity index (χ0v) is 15.5. The molecule has 1 amide bonds. The van der Waals surface area contributed by atoms with Crippen LogP contribution in [0.5, 0.6) is 0 Å². The first-order valence-corrected chi connectivity index (χ1v) is 9.73. The fourth-order valence-electron chi connectivity index (χ4n) is 3.44. The average molecular weight is 373 g/mol. The van der Waals surface area contributed by atoms with Crippen molar-refractivity contribution in [1.29, 1.82) is 0 Å². The molecule has 0 unspecified atom stereocenters. The van der Waals surface area contributed by atoms with Crippen LogP contribution in [0.25, 0.3) is 11.1 Å². The van der Waals surface area contributed by atoms with Gasteiger partial charge in [-0.05, 0) is 37.8 Å². The number of rotatable bonds is 9. The third-order valence-electron chi connectivity index (χ3n) is 5.04. The number of carboxylic acids is 1. The van der Waals surface area contributed by atoms with Gasteiger partial charge in [0.2, 0.25) is 5.91 Å². The van der Waals surface area contributed by atoms with E-state index in [-0.39, 0.29) is 18.2 Å². The van der Waals surface area contributed by atoms with Gasteiger partial charge in [0.15, 0.2) is 5.58 Å². The molecule has 1 aliphatic rings. The number of carbonyl (C=O) groups excluding carboxylic acids is 1. The minimum Gasteiger partial charge on any atom is -0.481 e. The van der Waals surface area contributed by atoms with E-state index in [1.165, 1.54) is 0 Å². The Hall–Kier alpha value is -2.57. The molecule has 7 heteroatoms. The van der Waals surface area contributed by atoms with Crippen LogP contribution in [0.4, 0.5) is 6.01 Å². The van der Waals surface area contributed by atoms with Gasteiger partial charge < -0.3 is 19.7 Å². The number of para-hydroxylation sites is 2. The highest BCUT2D eigenvalue weighted by Crippen LogP contribution is 2.26. The van der Waals surface area contributed by atoms with Crippen molar-refractivity contribution in [2.45, 2.75) is 44.9 Å². The fourth-order valence-corrected chi connectivity index (χ4v) is 3.44. The monoisotopic (exact) mass is 373 g/mol. The van der Waals surface area contributed by atoms with E-state index in [0.717, 1.165) is 56.3 Å². The van der Waals surface area contributed by atoms with Gasteiger partial charge in [-0.15, -0.1) is 0 Å². The van der Waals surface area contributed by atoms with E-state index < -0.39 is 5.97 Å². The summed E-state index contributed by atoms with van der Waals surface area (Å²) >= 11 is 0. The minimum absolute atomic E-state index is 0.0395. The van der Waals surface area contributed by atoms with Gasteiger partial charge in [0.05, 0.1) is 0 Å². The summed E-state index contributed by atoms with van der Waals surface area (Å²) in [7, 11) is 0. The number of carboxylic acid groups (broad SMARTS) is 1. The molecule has 2 N–H and O–H groups in total. The van der Waals surface area contributed by atoms with E-state index in [9.17, 15) is 9.59 Å². The van der Waals surface area contributed by atoms with E-state index in [1.807, 2.05) is 24.3 Å². The number of aromatic nitrogens is 1. The molecule has 0 bridgehead atoms. The summed E-state index contributed by atoms with van der Waals surface area (Å²) in [6.07, 6.45) is 5.26. The topological polar surface area (TPSA) is 95.7 Å². The SMILES string of the molecule is O=C(O)CCCCCCNC(=O)C1CCN(c2nc3ccccc3o2)CC1. The van der Waals surface area contributed by atoms with Gasteiger partial charge >= 0.3 is 5.97 Å². The fraction of sp³-hybridized carbons (Fsp3) is 0.550. The molecular formula is C20H27N3O4. The maximum Gasteiger partial charge on any atom is 0.303 e. The van der Waals surface area contributed by atoms with E-state index >= 15 is 0 Å². The van der Waals surface area contributed by atoms with Crippen molar-refractivity contribution >= 4 is 29.0 Å². The third-order valence-corrected chi connectivity index (χ3v) is 5.04. The molecule has 27 heavy (non-hydrogen) atoms. The van der Waals surface area contributed by atoms with Crippen molar-refractivity contribution in [2.75, 3.05) is 24.5 Å². The Morgan fingerprint density at radius 2 is 1.89 bits per heavy atom. The highest BCUT2D eigenvalue weighted by atomic mass is 16.4. The number of benzene rings is 1. The Kier molecular flexibility index (Phi) is 6.68. The molecule has 0 aliphatic carbocycles. The first kappa shape index (κ1) is 19.2. The average Bonchev–Trinajstić information content (AvgIpc) is 3.11. The normalized spacial score (nSPS) is 15.2. The number of unbranched alkanes of at least 4 members (excludes halogenated alkanes) is 3. The lowest BCUT2D eigenvalue weighted by Crippen LogP contribution is -2.40. The molecule has 3 rings (SSSR count). The smallest absolute Gasteiger partial charge is 0.303 e. The number of anilines is 1. The molecule has 0 saturated carbocycles. The van der Waals surface area contributed by atoms with Crippen LogP contribution in [-0.2, 0) is 9.59 Å². The second-order valence-electron chi connectivity index (χ2n) is 7.07. The summed E-state index contributed by atoms with van der Waals surface area (Å²) < 4.78 is 5.81. The Bertz CT molecular complexity index is 732. The van der Waals surface area contributed by atoms with Gasteiger partial charge in [-0.2, -0.15) is 4.98 Å². The first-order chi connectivity index (χ1) is 13.1. The van der Waals surface area contributed by atoms with Crippen LogP contribution in [0.15, 0.2) is 28.7 Å². The van der Waals surface area contributed by atoms with Crippen molar-refractivity contribution in [3.8, 4) is 0 Å². The van der Waals surface area contributed by atoms with Crippen LogP contribution in [0.1, 0.15) is 44.9 Å². The highest BCUT2D eigenvalue weighted by Gasteiger charge is 2.26. The molecule has 1 aliphatic heterocycles. The molecule has 2 aromatic rings. The Morgan fingerprint density at radius 3 is 2.63 bits per heavy atom. The quantitative estimate of drug-likeness (QED) is 0.656. The van der Waals surface area contributed by atoms with E-state index in [2.05, 4.69) is 15.2 Å². The number of nitrogens with zero attached hydrogens (tertiary/aromatic N) is 2. The number of oxazole rings is 1. The van der Waals surface area contributed by atoms with Gasteiger partial charge in [0.25, 0.3) is 6.01 Å². The lowest BCUT2D eigenvalue weighted by molar-refractivity contribution is -0.137. The lowest BCUT2D eigenvalue weighted by Gasteiger charge is -2.30. The van der Waals surface area contributed by atoms with Crippen LogP contribution in [0, 0.1) is 5.92 Å². The summed E-state index contributed by atoms with van der Waals surface area (Å²) in [5.41, 5.74) is 1.64. The minimum atomic E-state index is -0.743. The van der Waals surface area contributed by atoms with Crippen LogP contribution in [-0.4, -0.2) is 41.6 Å². The van der Waals surface area contributed by atoms with Gasteiger partial charge in [-0.3, -0.25) is 9.59 Å². The molecule has 7 nitrogen and oxygen atoms in total. The van der Waals surface area contributed by atoms with E-state index in [0.29, 0.717) is 19.0 Å². The molecule has 1 aromatic heterocycles. The van der Waals surface area contributed by atoms with Gasteiger partial charge in [0.1, 0.15) is 5.52 Å². The van der Waals surface area contributed by atoms with Crippen LogP contribution in [0.2, 0.25) is 0 Å². The third kappa shape index (κ3) is 5.45. The Balaban J connectivity index is 1.35. The number of aliphatic carboxylic acids is 1. The molecule has 2 heterocycles. The summed E-state index contributed by atoms with van der Waals surface area (Å²) in [6.45, 7) is 2.19. The highest BCUT2D eigenvalue weighted by molar-refractivity contribution is 5.79. The zero-order valence-electron chi connectivity index (χ0n) is 15.5. The molecule has 1 saturated heterocycles. The number of nitrogens with one attached hydrogen (secondary N) is 1. The van der Waals surface area contributed by atoms with Gasteiger partial charge in [-0.25, -0.2) is 0 Å². The van der Waals surface area contributed by atoms with Crippen molar-refractivity contribution in [1.82, 2.24) is 10.3 Å². The predicted molar refractivity (Wildman–Crippen MR) is 103 cm³/mol. The van der Waals surface area contributed by atoms with Crippen LogP contribution >= 0.6 is 0 Å². The zero-order chi connectivity index (χ0) is 19.1. The molecule has 1 aromatic carbocycles. The molecule has 0 spiro atoms. The number of carbonyl (C=O) groups is 2. The van der Waals surface area contributed by atoms with Crippen molar-refractivity contribution < 1.29 is 19.1 Å². The summed E-state index contributed by atoms with van der Waals surface area (Å²) in [6, 6.07) is 8.35. The molecule has 1 fully saturated rings. The summed E-state index contributed by atoms with van der Waals surface area (Å²) in [5.74, 6) is -0.581. The van der Waals surface area contributed by atoms with Crippen molar-refractivity contribution in [3.05, 3.63) is 24.3 Å². The molecule has 0 radical (unpaired) electrons. The number of amides is 1. The largest absolute Gasteiger partial charge is 0.481 e. The van der Waals surface area contributed by atoms with Crippen LogP contribution < -0.4 is 10.2 Å². The van der Waals surface area contributed by atoms with Crippen molar-refractivity contribution in [3.63, 3.8) is 0 Å². The Morgan fingerprint density at radius 1 is 1.15 bits per heavy atom. The van der Waals surface area contributed by atoms with E-state index in [4.69, 9.17) is 9.52 Å². The van der Waals surface area contributed by atoms with Gasteiger partial charge in [-0.1, -0.05) is 25.0 Å². The number of fused-ring (bicyclic) bond motifs is 1. The molecular weight excluding hydrogens is 346 g/mol. The molecule has 0 atom stereocenters. The lowest BCUT2D eigenvalue weighted by atomic mass is 9.96. The van der Waals surface area contributed by atoms with Crippen molar-refractivity contribution in [2.24, 2.45) is 5.92 Å². The van der Waals surface area contributed by atoms with Gasteiger partial charge in [0, 0.05) is 32.0 Å². The number of piperidine rings is 1. The Labute approximate surface area is 158 Å². The summed E-state index contributed by atoms with van der Waals surface area (Å²) in [4.78, 5) is 29.4. The standard InChI is InChI=1S/C20H27N3O4/c24-18(25)9-3-1-2-6-12-21-19(26)15-10-13-23(14-11-15)20-22-16-7-4-5-8-17(16)27-20/h4-5,7-8,15H,1-3,6,9-14H2,(H,21,26)(H,24,25). The second-order valence-corrected chi connectivity index (χ2v) is 7.07. The maximum absolute atomic E-state index is 12.3. The van der Waals surface area contributed by atoms with E-state index in [1.54, 1.807) is 0 Å². The summed E-state index contributed by atoms with van der Waals surface area (Å²) in [5, 5.41) is 11.6. The number of hydrogen-bond acceptors (Lipinski definition) is 5. The number of hydrogen-bond donors (Lipinski definition) is 2. The second kappa shape index (κ2) is 9.39. The van der Waals surface area contributed by atoms with Crippen LogP contribution in [0.3, 0.4) is 0 Å². The molecule has 146 valence electrons. The maximum atomic E-state index is 12.3. The first-order valence-electron chi connectivity index (χ1n) is 9.73.